The number of methoxy groups -OCH3 is 2. The van der Waals surface area contributed by atoms with Crippen molar-refractivity contribution in [3.05, 3.63) is 35.7 Å². The van der Waals surface area contributed by atoms with E-state index in [9.17, 15) is 4.79 Å². The van der Waals surface area contributed by atoms with Gasteiger partial charge in [0.1, 0.15) is 0 Å². The number of ether oxygens (including phenoxy) is 2. The Morgan fingerprint density at radius 3 is 2.63 bits per heavy atom. The molecule has 0 spiro atoms. The number of rotatable bonds is 5. The third-order valence-corrected chi connectivity index (χ3v) is 2.55. The number of aromatic carboxylic acids is 1. The summed E-state index contributed by atoms with van der Waals surface area (Å²) in [4.78, 5) is 10.7. The average Bonchev–Trinajstić information content (AvgIpc) is 2.87. The SMILES string of the molecule is COc1ccc(Cn2cc(C(=O)O)nn2)cc1OC. The quantitative estimate of drug-likeness (QED) is 0.867. The minimum absolute atomic E-state index is 0.0829. The molecule has 0 unspecified atom stereocenters. The fourth-order valence-electron chi connectivity index (χ4n) is 1.64. The highest BCUT2D eigenvalue weighted by Crippen LogP contribution is 2.27. The number of nitrogens with zero attached hydrogens (tertiary/aromatic N) is 3. The second-order valence-electron chi connectivity index (χ2n) is 3.80. The van der Waals surface area contributed by atoms with Crippen molar-refractivity contribution in [2.24, 2.45) is 0 Å². The molecule has 0 radical (unpaired) electrons. The molecule has 1 aromatic carbocycles. The van der Waals surface area contributed by atoms with Crippen LogP contribution in [0.15, 0.2) is 24.4 Å². The molecule has 0 amide bonds. The normalized spacial score (nSPS) is 10.2. The van der Waals surface area contributed by atoms with Crippen molar-refractivity contribution in [2.45, 2.75) is 6.54 Å². The van der Waals surface area contributed by atoms with Gasteiger partial charge in [0.2, 0.25) is 0 Å². The number of carboxylic acids is 1. The molecule has 100 valence electrons. The van der Waals surface area contributed by atoms with E-state index in [0.717, 1.165) is 5.56 Å². The molecular weight excluding hydrogens is 250 g/mol. The van der Waals surface area contributed by atoms with Gasteiger partial charge in [-0.05, 0) is 17.7 Å². The molecule has 0 atom stereocenters. The lowest BCUT2D eigenvalue weighted by Crippen LogP contribution is -2.01. The van der Waals surface area contributed by atoms with Crippen molar-refractivity contribution in [2.75, 3.05) is 14.2 Å². The van der Waals surface area contributed by atoms with Crippen LogP contribution in [0, 0.1) is 0 Å². The van der Waals surface area contributed by atoms with Gasteiger partial charge >= 0.3 is 5.97 Å². The summed E-state index contributed by atoms with van der Waals surface area (Å²) in [5.41, 5.74) is 0.819. The zero-order chi connectivity index (χ0) is 13.8. The summed E-state index contributed by atoms with van der Waals surface area (Å²) in [5, 5.41) is 16.1. The minimum Gasteiger partial charge on any atom is -0.493 e. The summed E-state index contributed by atoms with van der Waals surface area (Å²) in [6.07, 6.45) is 1.37. The molecule has 0 aliphatic carbocycles. The van der Waals surface area contributed by atoms with Crippen LogP contribution in [0.1, 0.15) is 16.1 Å². The summed E-state index contributed by atoms with van der Waals surface area (Å²) >= 11 is 0. The minimum atomic E-state index is -1.10. The Kier molecular flexibility index (Phi) is 3.65. The maximum Gasteiger partial charge on any atom is 0.358 e. The second kappa shape index (κ2) is 5.38. The van der Waals surface area contributed by atoms with Gasteiger partial charge in [0.15, 0.2) is 17.2 Å². The summed E-state index contributed by atoms with van der Waals surface area (Å²) in [5.74, 6) is 0.146. The Bertz CT molecular complexity index is 594. The predicted octanol–water partition coefficient (Wildman–Crippen LogP) is 1.04. The Morgan fingerprint density at radius 1 is 1.32 bits per heavy atom. The molecule has 0 bridgehead atoms. The van der Waals surface area contributed by atoms with Crippen LogP contribution in [0.2, 0.25) is 0 Å². The Balaban J connectivity index is 2.20. The molecule has 7 heteroatoms. The van der Waals surface area contributed by atoms with Crippen molar-refractivity contribution in [3.8, 4) is 11.5 Å². The van der Waals surface area contributed by atoms with Gasteiger partial charge in [-0.2, -0.15) is 0 Å². The summed E-state index contributed by atoms with van der Waals surface area (Å²) in [6.45, 7) is 0.403. The lowest BCUT2D eigenvalue weighted by molar-refractivity contribution is 0.0690. The van der Waals surface area contributed by atoms with Gasteiger partial charge in [0, 0.05) is 0 Å². The van der Waals surface area contributed by atoms with Gasteiger partial charge in [0.25, 0.3) is 0 Å². The van der Waals surface area contributed by atoms with E-state index in [0.29, 0.717) is 18.0 Å². The van der Waals surface area contributed by atoms with Crippen molar-refractivity contribution < 1.29 is 19.4 Å². The Labute approximate surface area is 109 Å². The lowest BCUT2D eigenvalue weighted by atomic mass is 10.2. The Morgan fingerprint density at radius 2 is 2.05 bits per heavy atom. The maximum absolute atomic E-state index is 10.7. The number of hydrogen-bond donors (Lipinski definition) is 1. The molecule has 0 fully saturated rings. The first kappa shape index (κ1) is 12.9. The predicted molar refractivity (Wildman–Crippen MR) is 65.6 cm³/mol. The lowest BCUT2D eigenvalue weighted by Gasteiger charge is -2.09. The molecule has 7 nitrogen and oxygen atoms in total. The van der Waals surface area contributed by atoms with E-state index in [1.807, 2.05) is 6.07 Å². The fourth-order valence-corrected chi connectivity index (χ4v) is 1.64. The van der Waals surface area contributed by atoms with E-state index in [4.69, 9.17) is 14.6 Å². The average molecular weight is 263 g/mol. The topological polar surface area (TPSA) is 86.5 Å². The van der Waals surface area contributed by atoms with Gasteiger partial charge < -0.3 is 14.6 Å². The van der Waals surface area contributed by atoms with Gasteiger partial charge in [0.05, 0.1) is 27.0 Å². The van der Waals surface area contributed by atoms with Gasteiger partial charge in [-0.3, -0.25) is 0 Å². The molecule has 1 N–H and O–H groups in total. The van der Waals surface area contributed by atoms with Gasteiger partial charge in [-0.1, -0.05) is 11.3 Å². The van der Waals surface area contributed by atoms with Gasteiger partial charge in [-0.15, -0.1) is 5.10 Å². The van der Waals surface area contributed by atoms with Crippen LogP contribution in [-0.2, 0) is 6.54 Å². The first-order chi connectivity index (χ1) is 9.13. The largest absolute Gasteiger partial charge is 0.493 e. The molecule has 1 aromatic heterocycles. The van der Waals surface area contributed by atoms with Crippen LogP contribution in [0.3, 0.4) is 0 Å². The smallest absolute Gasteiger partial charge is 0.358 e. The summed E-state index contributed by atoms with van der Waals surface area (Å²) in [7, 11) is 3.12. The number of carbonyl (C=O) groups is 1. The first-order valence-electron chi connectivity index (χ1n) is 5.48. The monoisotopic (exact) mass is 263 g/mol. The molecule has 0 aliphatic heterocycles. The number of aromatic nitrogens is 3. The molecule has 0 saturated carbocycles. The van der Waals surface area contributed by atoms with E-state index in [1.165, 1.54) is 10.9 Å². The molecule has 2 rings (SSSR count). The summed E-state index contributed by atoms with van der Waals surface area (Å²) in [6, 6.07) is 5.44. The Hall–Kier alpha value is -2.57. The van der Waals surface area contributed by atoms with Crippen LogP contribution in [0.4, 0.5) is 0 Å². The first-order valence-corrected chi connectivity index (χ1v) is 5.48. The van der Waals surface area contributed by atoms with Crippen LogP contribution < -0.4 is 9.47 Å². The van der Waals surface area contributed by atoms with Crippen LogP contribution in [0.25, 0.3) is 0 Å². The molecule has 1 heterocycles. The number of hydrogen-bond acceptors (Lipinski definition) is 5. The molecule has 0 aliphatic rings. The van der Waals surface area contributed by atoms with Crippen LogP contribution >= 0.6 is 0 Å². The number of benzene rings is 1. The third kappa shape index (κ3) is 2.82. The number of carboxylic acid groups (broad SMARTS) is 1. The van der Waals surface area contributed by atoms with Crippen molar-refractivity contribution in [1.82, 2.24) is 15.0 Å². The maximum atomic E-state index is 10.7. The fraction of sp³-hybridized carbons (Fsp3) is 0.250. The third-order valence-electron chi connectivity index (χ3n) is 2.55. The molecule has 0 saturated heterocycles. The standard InChI is InChI=1S/C12H13N3O4/c1-18-10-4-3-8(5-11(10)19-2)6-15-7-9(12(16)17)13-14-15/h3-5,7H,6H2,1-2H3,(H,16,17). The van der Waals surface area contributed by atoms with Crippen molar-refractivity contribution in [3.63, 3.8) is 0 Å². The van der Waals surface area contributed by atoms with Crippen LogP contribution in [0.5, 0.6) is 11.5 Å². The highest BCUT2D eigenvalue weighted by atomic mass is 16.5. The van der Waals surface area contributed by atoms with E-state index in [-0.39, 0.29) is 5.69 Å². The van der Waals surface area contributed by atoms with E-state index >= 15 is 0 Å². The van der Waals surface area contributed by atoms with Crippen LogP contribution in [-0.4, -0.2) is 40.3 Å². The summed E-state index contributed by atoms with van der Waals surface area (Å²) < 4.78 is 11.8. The highest BCUT2D eigenvalue weighted by molar-refractivity contribution is 5.84. The van der Waals surface area contributed by atoms with Crippen molar-refractivity contribution >= 4 is 5.97 Å². The van der Waals surface area contributed by atoms with Gasteiger partial charge in [-0.25, -0.2) is 9.48 Å². The zero-order valence-corrected chi connectivity index (χ0v) is 10.5. The van der Waals surface area contributed by atoms with Crippen molar-refractivity contribution in [1.29, 1.82) is 0 Å². The van der Waals surface area contributed by atoms with E-state index in [2.05, 4.69) is 10.3 Å². The molecule has 2 aromatic rings. The molecular formula is C12H13N3O4. The zero-order valence-electron chi connectivity index (χ0n) is 10.5. The molecule has 19 heavy (non-hydrogen) atoms. The highest BCUT2D eigenvalue weighted by Gasteiger charge is 2.09. The second-order valence-corrected chi connectivity index (χ2v) is 3.80. The van der Waals surface area contributed by atoms with E-state index < -0.39 is 5.97 Å². The van der Waals surface area contributed by atoms with E-state index in [1.54, 1.807) is 26.4 Å².